The van der Waals surface area contributed by atoms with E-state index in [4.69, 9.17) is 16.3 Å². The van der Waals surface area contributed by atoms with Crippen molar-refractivity contribution in [3.8, 4) is 5.75 Å². The standard InChI is InChI=1S/C14H15BrClNOS/c1-9(13-6-7-14(15)19-13)17-8-10-11(16)4-3-5-12(10)18-2/h3-7,9,17H,8H2,1-2H3. The predicted molar refractivity (Wildman–Crippen MR) is 85.3 cm³/mol. The summed E-state index contributed by atoms with van der Waals surface area (Å²) in [7, 11) is 1.66. The third-order valence-corrected chi connectivity index (χ3v) is 5.06. The van der Waals surface area contributed by atoms with Crippen LogP contribution >= 0.6 is 38.9 Å². The molecule has 1 aromatic heterocycles. The maximum Gasteiger partial charge on any atom is 0.124 e. The third-order valence-electron chi connectivity index (χ3n) is 2.90. The smallest absolute Gasteiger partial charge is 0.124 e. The molecule has 0 saturated carbocycles. The summed E-state index contributed by atoms with van der Waals surface area (Å²) in [5.74, 6) is 0.819. The van der Waals surface area contributed by atoms with Gasteiger partial charge in [0.25, 0.3) is 0 Å². The van der Waals surface area contributed by atoms with Gasteiger partial charge in [0.05, 0.1) is 10.9 Å². The second kappa shape index (κ2) is 6.75. The summed E-state index contributed by atoms with van der Waals surface area (Å²) in [5, 5.41) is 4.20. The van der Waals surface area contributed by atoms with Crippen molar-refractivity contribution in [1.29, 1.82) is 0 Å². The zero-order chi connectivity index (χ0) is 13.8. The first-order valence-corrected chi connectivity index (χ1v) is 7.90. The number of nitrogens with one attached hydrogen (secondary N) is 1. The highest BCUT2D eigenvalue weighted by Crippen LogP contribution is 2.29. The van der Waals surface area contributed by atoms with Crippen LogP contribution in [-0.4, -0.2) is 7.11 Å². The van der Waals surface area contributed by atoms with Crippen molar-refractivity contribution in [1.82, 2.24) is 5.32 Å². The first-order chi connectivity index (χ1) is 9.11. The van der Waals surface area contributed by atoms with Crippen LogP contribution in [0.1, 0.15) is 23.4 Å². The lowest BCUT2D eigenvalue weighted by Crippen LogP contribution is -2.17. The van der Waals surface area contributed by atoms with Crippen LogP contribution in [0.2, 0.25) is 5.02 Å². The van der Waals surface area contributed by atoms with E-state index in [-0.39, 0.29) is 6.04 Å². The Kier molecular flexibility index (Phi) is 5.28. The molecule has 0 aliphatic carbocycles. The Balaban J connectivity index is 2.06. The van der Waals surface area contributed by atoms with E-state index < -0.39 is 0 Å². The van der Waals surface area contributed by atoms with Crippen molar-refractivity contribution in [3.63, 3.8) is 0 Å². The first kappa shape index (κ1) is 14.9. The highest BCUT2D eigenvalue weighted by molar-refractivity contribution is 9.11. The van der Waals surface area contributed by atoms with Gasteiger partial charge >= 0.3 is 0 Å². The van der Waals surface area contributed by atoms with Gasteiger partial charge in [-0.1, -0.05) is 17.7 Å². The number of benzene rings is 1. The van der Waals surface area contributed by atoms with Gasteiger partial charge in [0.2, 0.25) is 0 Å². The summed E-state index contributed by atoms with van der Waals surface area (Å²) in [5.41, 5.74) is 0.995. The van der Waals surface area contributed by atoms with Crippen LogP contribution in [0.4, 0.5) is 0 Å². The first-order valence-electron chi connectivity index (χ1n) is 5.92. The highest BCUT2D eigenvalue weighted by atomic mass is 79.9. The van der Waals surface area contributed by atoms with Crippen LogP contribution in [0.5, 0.6) is 5.75 Å². The largest absolute Gasteiger partial charge is 0.496 e. The van der Waals surface area contributed by atoms with Crippen LogP contribution in [0.15, 0.2) is 34.1 Å². The summed E-state index contributed by atoms with van der Waals surface area (Å²) in [6.07, 6.45) is 0. The molecule has 0 aliphatic rings. The van der Waals surface area contributed by atoms with E-state index in [0.717, 1.165) is 20.1 Å². The summed E-state index contributed by atoms with van der Waals surface area (Å²) >= 11 is 11.4. The number of hydrogen-bond donors (Lipinski definition) is 1. The molecule has 0 saturated heterocycles. The molecule has 0 bridgehead atoms. The summed E-state index contributed by atoms with van der Waals surface area (Å²) < 4.78 is 6.48. The molecule has 1 atom stereocenters. The summed E-state index contributed by atoms with van der Waals surface area (Å²) in [4.78, 5) is 1.29. The number of halogens is 2. The van der Waals surface area contributed by atoms with Crippen LogP contribution in [0.3, 0.4) is 0 Å². The molecule has 2 aromatic rings. The average molecular weight is 361 g/mol. The van der Waals surface area contributed by atoms with Crippen molar-refractivity contribution in [2.24, 2.45) is 0 Å². The van der Waals surface area contributed by atoms with E-state index >= 15 is 0 Å². The number of hydrogen-bond acceptors (Lipinski definition) is 3. The van der Waals surface area contributed by atoms with Gasteiger partial charge in [0, 0.05) is 28.0 Å². The molecule has 2 nitrogen and oxygen atoms in total. The number of methoxy groups -OCH3 is 1. The van der Waals surface area contributed by atoms with Crippen molar-refractivity contribution >= 4 is 38.9 Å². The fourth-order valence-corrected chi connectivity index (χ4v) is 3.50. The van der Waals surface area contributed by atoms with Gasteiger partial charge in [0.1, 0.15) is 5.75 Å². The number of thiophene rings is 1. The highest BCUT2D eigenvalue weighted by Gasteiger charge is 2.11. The lowest BCUT2D eigenvalue weighted by Gasteiger charge is -2.15. The lowest BCUT2D eigenvalue weighted by atomic mass is 10.2. The molecule has 1 N–H and O–H groups in total. The molecular weight excluding hydrogens is 346 g/mol. The topological polar surface area (TPSA) is 21.3 Å². The van der Waals surface area contributed by atoms with Gasteiger partial charge in [-0.25, -0.2) is 0 Å². The van der Waals surface area contributed by atoms with E-state index in [9.17, 15) is 0 Å². The van der Waals surface area contributed by atoms with Gasteiger partial charge in [-0.3, -0.25) is 0 Å². The second-order valence-corrected chi connectivity index (χ2v) is 7.07. The predicted octanol–water partition coefficient (Wildman–Crippen LogP) is 5.02. The zero-order valence-corrected chi connectivity index (χ0v) is 13.9. The van der Waals surface area contributed by atoms with Crippen molar-refractivity contribution < 1.29 is 4.74 Å². The molecule has 102 valence electrons. The molecule has 1 heterocycles. The van der Waals surface area contributed by atoms with Gasteiger partial charge in [0.15, 0.2) is 0 Å². The molecule has 0 spiro atoms. The Bertz CT molecular complexity index is 558. The van der Waals surface area contributed by atoms with Crippen molar-refractivity contribution in [2.75, 3.05) is 7.11 Å². The van der Waals surface area contributed by atoms with E-state index in [1.165, 1.54) is 4.88 Å². The monoisotopic (exact) mass is 359 g/mol. The second-order valence-electron chi connectivity index (χ2n) is 4.17. The Hall–Kier alpha value is -0.550. The average Bonchev–Trinajstić information content (AvgIpc) is 2.83. The van der Waals surface area contributed by atoms with Crippen LogP contribution in [0.25, 0.3) is 0 Å². The fraction of sp³-hybridized carbons (Fsp3) is 0.286. The molecule has 0 radical (unpaired) electrons. The number of rotatable bonds is 5. The van der Waals surface area contributed by atoms with Gasteiger partial charge in [-0.05, 0) is 47.1 Å². The molecule has 19 heavy (non-hydrogen) atoms. The fourth-order valence-electron chi connectivity index (χ4n) is 1.82. The van der Waals surface area contributed by atoms with Gasteiger partial charge in [-0.2, -0.15) is 0 Å². The Labute approximate surface area is 130 Å². The minimum Gasteiger partial charge on any atom is -0.496 e. The minimum absolute atomic E-state index is 0.275. The van der Waals surface area contributed by atoms with Crippen LogP contribution < -0.4 is 10.1 Å². The quantitative estimate of drug-likeness (QED) is 0.808. The molecule has 2 rings (SSSR count). The molecule has 1 unspecified atom stereocenters. The molecule has 5 heteroatoms. The lowest BCUT2D eigenvalue weighted by molar-refractivity contribution is 0.406. The van der Waals surface area contributed by atoms with E-state index in [1.807, 2.05) is 18.2 Å². The third kappa shape index (κ3) is 3.72. The van der Waals surface area contributed by atoms with Crippen molar-refractivity contribution in [2.45, 2.75) is 19.5 Å². The van der Waals surface area contributed by atoms with Crippen LogP contribution in [0, 0.1) is 0 Å². The van der Waals surface area contributed by atoms with Gasteiger partial charge in [-0.15, -0.1) is 11.3 Å². The van der Waals surface area contributed by atoms with Gasteiger partial charge < -0.3 is 10.1 Å². The Morgan fingerprint density at radius 2 is 2.16 bits per heavy atom. The maximum atomic E-state index is 6.22. The van der Waals surface area contributed by atoms with E-state index in [2.05, 4.69) is 40.3 Å². The molecule has 0 amide bonds. The van der Waals surface area contributed by atoms with Crippen molar-refractivity contribution in [3.05, 3.63) is 49.6 Å². The van der Waals surface area contributed by atoms with E-state index in [0.29, 0.717) is 6.54 Å². The van der Waals surface area contributed by atoms with E-state index in [1.54, 1.807) is 18.4 Å². The Morgan fingerprint density at radius 1 is 1.37 bits per heavy atom. The normalized spacial score (nSPS) is 12.4. The molecule has 1 aromatic carbocycles. The Morgan fingerprint density at radius 3 is 2.79 bits per heavy atom. The SMILES string of the molecule is COc1cccc(Cl)c1CNC(C)c1ccc(Br)s1. The minimum atomic E-state index is 0.275. The van der Waals surface area contributed by atoms with Crippen LogP contribution in [-0.2, 0) is 6.54 Å². The summed E-state index contributed by atoms with van der Waals surface area (Å²) in [6, 6.07) is 10.2. The molecule has 0 aliphatic heterocycles. The zero-order valence-electron chi connectivity index (χ0n) is 10.7. The maximum absolute atomic E-state index is 6.22. The molecule has 0 fully saturated rings. The number of ether oxygens (including phenoxy) is 1. The molecular formula is C14H15BrClNOS. The summed E-state index contributed by atoms with van der Waals surface area (Å²) in [6.45, 7) is 2.82.